The van der Waals surface area contributed by atoms with Crippen molar-refractivity contribution in [2.45, 2.75) is 12.5 Å². The second kappa shape index (κ2) is 6.89. The molecule has 0 amide bonds. The van der Waals surface area contributed by atoms with E-state index in [0.29, 0.717) is 5.56 Å². The summed E-state index contributed by atoms with van der Waals surface area (Å²) in [5.74, 6) is -1.11. The Labute approximate surface area is 114 Å². The Morgan fingerprint density at radius 3 is 2.28 bits per heavy atom. The van der Waals surface area contributed by atoms with E-state index in [1.54, 1.807) is 12.1 Å². The number of benzene rings is 1. The largest absolute Gasteiger partial charge is 0.527 e. The predicted molar refractivity (Wildman–Crippen MR) is 57.9 cm³/mol. The van der Waals surface area contributed by atoms with Gasteiger partial charge in [-0.25, -0.2) is 9.36 Å². The summed E-state index contributed by atoms with van der Waals surface area (Å²) in [4.78, 5) is 28.0. The van der Waals surface area contributed by atoms with Crippen molar-refractivity contribution in [3.05, 3.63) is 29.8 Å². The van der Waals surface area contributed by atoms with Gasteiger partial charge in [-0.1, -0.05) is 12.1 Å². The molecule has 0 bridgehead atoms. The molecule has 1 radical (unpaired) electrons. The van der Waals surface area contributed by atoms with E-state index in [4.69, 9.17) is 20.6 Å². The minimum atomic E-state index is -4.86. The molecule has 0 fully saturated rings. The fourth-order valence-electron chi connectivity index (χ4n) is 1.15. The van der Waals surface area contributed by atoms with Crippen LogP contribution >= 0.6 is 7.82 Å². The molecule has 105 valence electrons. The van der Waals surface area contributed by atoms with Crippen LogP contribution in [0.1, 0.15) is 5.56 Å². The van der Waals surface area contributed by atoms with Crippen LogP contribution in [0.4, 0.5) is 0 Å². The number of rotatable bonds is 4. The van der Waals surface area contributed by atoms with Crippen molar-refractivity contribution < 1.29 is 45.8 Å². The first-order valence-corrected chi connectivity index (χ1v) is 6.13. The Morgan fingerprint density at radius 1 is 1.33 bits per heavy atom. The van der Waals surface area contributed by atoms with Gasteiger partial charge in [-0.05, 0) is 24.1 Å². The molecule has 5 N–H and O–H groups in total. The standard InChI is InChI=1S/C9H12NO6P.Cu/c10-8(9(12)16-17(13,14)15)5-6-1-3-7(11)4-2-6;/h1-4,8,11H,5,10H2,(H2,13,14,15);/t8-;/m0./s1. The Balaban J connectivity index is 0.00000289. The molecule has 0 aliphatic carbocycles. The van der Waals surface area contributed by atoms with Gasteiger partial charge in [0.2, 0.25) is 0 Å². The van der Waals surface area contributed by atoms with Crippen LogP contribution in [0.5, 0.6) is 5.75 Å². The van der Waals surface area contributed by atoms with Crippen LogP contribution in [-0.2, 0) is 37.4 Å². The number of phenolic OH excluding ortho intramolecular Hbond substituents is 1. The number of phosphoric acid groups is 1. The van der Waals surface area contributed by atoms with Crippen molar-refractivity contribution >= 4 is 13.8 Å². The molecule has 0 spiro atoms. The normalized spacial score (nSPS) is 12.4. The first-order chi connectivity index (χ1) is 7.78. The van der Waals surface area contributed by atoms with Crippen LogP contribution in [0.3, 0.4) is 0 Å². The van der Waals surface area contributed by atoms with Crippen molar-refractivity contribution in [2.75, 3.05) is 0 Å². The van der Waals surface area contributed by atoms with Crippen molar-refractivity contribution in [3.63, 3.8) is 0 Å². The van der Waals surface area contributed by atoms with Gasteiger partial charge >= 0.3 is 13.8 Å². The second-order valence-electron chi connectivity index (χ2n) is 3.38. The summed E-state index contributed by atoms with van der Waals surface area (Å²) in [6.45, 7) is 0. The van der Waals surface area contributed by atoms with E-state index >= 15 is 0 Å². The minimum absolute atomic E-state index is 0. The third-order valence-corrected chi connectivity index (χ3v) is 2.32. The third kappa shape index (κ3) is 6.16. The van der Waals surface area contributed by atoms with Crippen LogP contribution in [0.2, 0.25) is 0 Å². The summed E-state index contributed by atoms with van der Waals surface area (Å²) in [6.07, 6.45) is 0.0547. The topological polar surface area (TPSA) is 130 Å². The van der Waals surface area contributed by atoms with Crippen LogP contribution in [-0.4, -0.2) is 26.9 Å². The van der Waals surface area contributed by atoms with E-state index in [1.807, 2.05) is 0 Å². The van der Waals surface area contributed by atoms with Crippen molar-refractivity contribution in [1.29, 1.82) is 0 Å². The molecule has 18 heavy (non-hydrogen) atoms. The summed E-state index contributed by atoms with van der Waals surface area (Å²) in [7, 11) is -4.86. The SMILES string of the molecule is N[C@@H](Cc1ccc(O)cc1)C(=O)OP(=O)(O)O.[Cu]. The van der Waals surface area contributed by atoms with E-state index < -0.39 is 19.8 Å². The molecule has 1 aromatic carbocycles. The van der Waals surface area contributed by atoms with Crippen molar-refractivity contribution in [3.8, 4) is 5.75 Å². The van der Waals surface area contributed by atoms with E-state index in [9.17, 15) is 9.36 Å². The smallest absolute Gasteiger partial charge is 0.508 e. The Morgan fingerprint density at radius 2 is 1.83 bits per heavy atom. The van der Waals surface area contributed by atoms with Crippen molar-refractivity contribution in [2.24, 2.45) is 5.73 Å². The fraction of sp³-hybridized carbons (Fsp3) is 0.222. The Kier molecular flexibility index (Phi) is 6.56. The number of hydrogen-bond donors (Lipinski definition) is 4. The van der Waals surface area contributed by atoms with Gasteiger partial charge in [0, 0.05) is 17.1 Å². The van der Waals surface area contributed by atoms with Gasteiger partial charge in [-0.3, -0.25) is 9.79 Å². The molecule has 9 heteroatoms. The number of aromatic hydroxyl groups is 1. The zero-order valence-corrected chi connectivity index (χ0v) is 10.8. The van der Waals surface area contributed by atoms with E-state index in [2.05, 4.69) is 4.52 Å². The molecule has 0 saturated heterocycles. The average Bonchev–Trinajstić information content (AvgIpc) is 2.19. The Hall–Kier alpha value is -0.881. The molecule has 1 rings (SSSR count). The molecule has 1 aromatic rings. The first-order valence-electron chi connectivity index (χ1n) is 4.60. The predicted octanol–water partition coefficient (Wildman–Crippen LogP) is -0.105. The van der Waals surface area contributed by atoms with Crippen LogP contribution < -0.4 is 5.73 Å². The van der Waals surface area contributed by atoms with Gasteiger partial charge in [-0.2, -0.15) is 0 Å². The monoisotopic (exact) mass is 324 g/mol. The van der Waals surface area contributed by atoms with E-state index in [0.717, 1.165) is 0 Å². The molecular weight excluding hydrogens is 313 g/mol. The zero-order valence-electron chi connectivity index (χ0n) is 8.99. The van der Waals surface area contributed by atoms with Gasteiger partial charge in [0.05, 0.1) is 0 Å². The first kappa shape index (κ1) is 17.1. The molecule has 0 heterocycles. The van der Waals surface area contributed by atoms with Gasteiger partial charge in [0.25, 0.3) is 0 Å². The number of hydrogen-bond acceptors (Lipinski definition) is 5. The molecular formula is C9H12CuNO6P. The quantitative estimate of drug-likeness (QED) is 0.449. The molecule has 0 saturated carbocycles. The second-order valence-corrected chi connectivity index (χ2v) is 4.54. The zero-order chi connectivity index (χ0) is 13.1. The van der Waals surface area contributed by atoms with Gasteiger partial charge in [0.1, 0.15) is 11.8 Å². The molecule has 0 aromatic heterocycles. The van der Waals surface area contributed by atoms with Gasteiger partial charge < -0.3 is 15.4 Å². The molecule has 0 unspecified atom stereocenters. The summed E-state index contributed by atoms with van der Waals surface area (Å²) >= 11 is 0. The van der Waals surface area contributed by atoms with Crippen LogP contribution in [0.15, 0.2) is 24.3 Å². The maximum Gasteiger partial charge on any atom is 0.527 e. The van der Waals surface area contributed by atoms with E-state index in [-0.39, 0.29) is 29.2 Å². The maximum atomic E-state index is 11.1. The number of nitrogens with two attached hydrogens (primary N) is 1. The van der Waals surface area contributed by atoms with Gasteiger partial charge in [-0.15, -0.1) is 0 Å². The summed E-state index contributed by atoms with van der Waals surface area (Å²) in [5, 5.41) is 9.03. The number of carbonyl (C=O) groups excluding carboxylic acids is 1. The summed E-state index contributed by atoms with van der Waals surface area (Å²) in [6, 6.07) is 4.74. The Bertz CT molecular complexity index is 445. The maximum absolute atomic E-state index is 11.1. The molecule has 0 aliphatic rings. The van der Waals surface area contributed by atoms with E-state index in [1.165, 1.54) is 12.1 Å². The third-order valence-electron chi connectivity index (χ3n) is 1.90. The average molecular weight is 325 g/mol. The van der Waals surface area contributed by atoms with Crippen LogP contribution in [0.25, 0.3) is 0 Å². The minimum Gasteiger partial charge on any atom is -0.508 e. The molecule has 1 atom stereocenters. The summed E-state index contributed by atoms with van der Waals surface area (Å²) < 4.78 is 14.3. The number of carbonyl (C=O) groups is 1. The number of phenols is 1. The van der Waals surface area contributed by atoms with Gasteiger partial charge in [0.15, 0.2) is 0 Å². The molecule has 0 aliphatic heterocycles. The van der Waals surface area contributed by atoms with Crippen molar-refractivity contribution in [1.82, 2.24) is 0 Å². The molecule has 7 nitrogen and oxygen atoms in total. The van der Waals surface area contributed by atoms with Crippen LogP contribution in [0, 0.1) is 0 Å². The number of phosphoric ester groups is 1. The fourth-order valence-corrected chi connectivity index (χ4v) is 1.52. The summed E-state index contributed by atoms with van der Waals surface area (Å²) in [5.41, 5.74) is 6.05.